The van der Waals surface area contributed by atoms with Gasteiger partial charge < -0.3 is 21.5 Å². The number of aromatic nitrogens is 3. The topological polar surface area (TPSA) is 121 Å². The fourth-order valence-electron chi connectivity index (χ4n) is 2.88. The number of carbonyl (C=O) groups excluding carboxylic acids is 1. The molecule has 1 aliphatic rings. The van der Waals surface area contributed by atoms with E-state index in [0.717, 1.165) is 49.9 Å². The van der Waals surface area contributed by atoms with Crippen molar-refractivity contribution in [3.8, 4) is 10.6 Å². The Kier molecular flexibility index (Phi) is 7.66. The van der Waals surface area contributed by atoms with Crippen molar-refractivity contribution in [2.45, 2.75) is 25.3 Å². The molecule has 1 fully saturated rings. The Morgan fingerprint density at radius 1 is 1.32 bits per heavy atom. The van der Waals surface area contributed by atoms with Crippen molar-refractivity contribution in [1.29, 1.82) is 0 Å². The van der Waals surface area contributed by atoms with Crippen LogP contribution < -0.4 is 16.8 Å². The Bertz CT molecular complexity index is 1030. The van der Waals surface area contributed by atoms with Crippen LogP contribution >= 0.6 is 11.3 Å². The quantitative estimate of drug-likeness (QED) is 0.564. The van der Waals surface area contributed by atoms with Gasteiger partial charge in [0.15, 0.2) is 17.3 Å². The average Bonchev–Trinajstić information content (AvgIpc) is 3.23. The molecule has 5 N–H and O–H groups in total. The second kappa shape index (κ2) is 10.4. The Labute approximate surface area is 182 Å². The summed E-state index contributed by atoms with van der Waals surface area (Å²) in [5.41, 5.74) is 11.8. The fraction of sp³-hybridized carbons (Fsp3) is 0.350. The predicted molar refractivity (Wildman–Crippen MR) is 116 cm³/mol. The summed E-state index contributed by atoms with van der Waals surface area (Å²) in [5, 5.41) is 6.76. The molecule has 1 atom stereocenters. The monoisotopic (exact) mass is 450 g/mol. The van der Waals surface area contributed by atoms with Gasteiger partial charge in [0.05, 0.1) is 11.9 Å². The molecule has 8 nitrogen and oxygen atoms in total. The maximum Gasteiger partial charge on any atom is 0.277 e. The summed E-state index contributed by atoms with van der Waals surface area (Å²) >= 11 is 0.913. The molecule has 11 heteroatoms. The number of thiazole rings is 1. The van der Waals surface area contributed by atoms with Gasteiger partial charge in [0.1, 0.15) is 10.0 Å². The summed E-state index contributed by atoms with van der Waals surface area (Å²) < 4.78 is 33.8. The molecular formula is C20H24F2N6O2S. The standard InChI is InChI=1S/C14H11F2N5OS.C6H13NO/c1-21-6-7(5-18-21)19-13(22)11-12(17)23-14(20-11)8-3-2-4-9(15)10(8)16;7-6-2-1-4-8-5-3-6/h2-6H,17H2,1H3,(H,19,22);6H,1-5,7H2. The maximum absolute atomic E-state index is 13.8. The summed E-state index contributed by atoms with van der Waals surface area (Å²) in [7, 11) is 1.71. The summed E-state index contributed by atoms with van der Waals surface area (Å²) in [6.07, 6.45) is 6.39. The molecule has 31 heavy (non-hydrogen) atoms. The van der Waals surface area contributed by atoms with E-state index in [1.807, 2.05) is 0 Å². The number of halogens is 2. The van der Waals surface area contributed by atoms with E-state index in [-0.39, 0.29) is 21.3 Å². The lowest BCUT2D eigenvalue weighted by Crippen LogP contribution is -2.19. The van der Waals surface area contributed by atoms with Gasteiger partial charge in [-0.25, -0.2) is 13.8 Å². The number of amides is 1. The van der Waals surface area contributed by atoms with E-state index in [1.54, 1.807) is 13.2 Å². The predicted octanol–water partition coefficient (Wildman–Crippen LogP) is 3.17. The normalized spacial score (nSPS) is 16.2. The number of hydrogen-bond donors (Lipinski definition) is 3. The van der Waals surface area contributed by atoms with Crippen molar-refractivity contribution >= 4 is 27.9 Å². The van der Waals surface area contributed by atoms with E-state index in [4.69, 9.17) is 16.2 Å². The first-order valence-electron chi connectivity index (χ1n) is 9.69. The number of nitrogens with two attached hydrogens (primary N) is 2. The SMILES string of the molecule is Cn1cc(NC(=O)c2nc(-c3cccc(F)c3F)sc2N)cn1.NC1CCCOCC1. The Hall–Kier alpha value is -2.89. The fourth-order valence-corrected chi connectivity index (χ4v) is 3.73. The number of carbonyl (C=O) groups is 1. The summed E-state index contributed by atoms with van der Waals surface area (Å²) in [5.74, 6) is -2.56. The largest absolute Gasteiger partial charge is 0.389 e. The second-order valence-corrected chi connectivity index (χ2v) is 8.02. The zero-order valence-corrected chi connectivity index (χ0v) is 17.8. The number of anilines is 2. The third-order valence-corrected chi connectivity index (χ3v) is 5.43. The van der Waals surface area contributed by atoms with Crippen LogP contribution in [0.4, 0.5) is 19.5 Å². The van der Waals surface area contributed by atoms with Crippen LogP contribution in [0, 0.1) is 11.6 Å². The van der Waals surface area contributed by atoms with Crippen LogP contribution in [0.2, 0.25) is 0 Å². The first-order chi connectivity index (χ1) is 14.8. The van der Waals surface area contributed by atoms with Crippen molar-refractivity contribution in [2.24, 2.45) is 12.8 Å². The zero-order chi connectivity index (χ0) is 22.4. The number of hydrogen-bond acceptors (Lipinski definition) is 7. The van der Waals surface area contributed by atoms with Gasteiger partial charge in [-0.3, -0.25) is 9.48 Å². The highest BCUT2D eigenvalue weighted by Gasteiger charge is 2.20. The van der Waals surface area contributed by atoms with Gasteiger partial charge in [0.25, 0.3) is 5.91 Å². The molecule has 3 heterocycles. The lowest BCUT2D eigenvalue weighted by atomic mass is 10.1. The number of ether oxygens (including phenoxy) is 1. The van der Waals surface area contributed by atoms with E-state index in [9.17, 15) is 13.6 Å². The first-order valence-corrected chi connectivity index (χ1v) is 10.5. The highest BCUT2D eigenvalue weighted by molar-refractivity contribution is 7.19. The molecule has 1 aromatic carbocycles. The number of aryl methyl sites for hydroxylation is 1. The third-order valence-electron chi connectivity index (χ3n) is 4.51. The molecule has 3 aromatic rings. The number of nitrogens with one attached hydrogen (secondary N) is 1. The molecule has 166 valence electrons. The minimum Gasteiger partial charge on any atom is -0.389 e. The van der Waals surface area contributed by atoms with Crippen LogP contribution in [-0.4, -0.2) is 39.9 Å². The molecule has 1 aliphatic heterocycles. The molecule has 1 amide bonds. The van der Waals surface area contributed by atoms with Gasteiger partial charge in [-0.1, -0.05) is 17.4 Å². The second-order valence-electron chi connectivity index (χ2n) is 6.99. The lowest BCUT2D eigenvalue weighted by Gasteiger charge is -2.02. The molecule has 0 aliphatic carbocycles. The minimum atomic E-state index is -1.03. The lowest BCUT2D eigenvalue weighted by molar-refractivity contribution is 0.102. The molecule has 0 bridgehead atoms. The van der Waals surface area contributed by atoms with Crippen molar-refractivity contribution < 1.29 is 18.3 Å². The molecule has 0 spiro atoms. The van der Waals surface area contributed by atoms with Gasteiger partial charge in [-0.2, -0.15) is 5.10 Å². The van der Waals surface area contributed by atoms with Gasteiger partial charge in [-0.15, -0.1) is 0 Å². The van der Waals surface area contributed by atoms with Crippen molar-refractivity contribution in [3.63, 3.8) is 0 Å². The highest BCUT2D eigenvalue weighted by atomic mass is 32.1. The summed E-state index contributed by atoms with van der Waals surface area (Å²) in [6, 6.07) is 4.14. The number of rotatable bonds is 3. The van der Waals surface area contributed by atoms with E-state index in [1.165, 1.54) is 23.0 Å². The number of nitrogen functional groups attached to an aromatic ring is 1. The van der Waals surface area contributed by atoms with Crippen LogP contribution in [0.5, 0.6) is 0 Å². The Morgan fingerprint density at radius 3 is 2.87 bits per heavy atom. The van der Waals surface area contributed by atoms with Crippen LogP contribution in [-0.2, 0) is 11.8 Å². The molecule has 1 saturated heterocycles. The van der Waals surface area contributed by atoms with Crippen molar-refractivity contribution in [2.75, 3.05) is 24.3 Å². The van der Waals surface area contributed by atoms with Crippen molar-refractivity contribution in [1.82, 2.24) is 14.8 Å². The number of benzene rings is 1. The third kappa shape index (κ3) is 6.06. The van der Waals surface area contributed by atoms with Crippen LogP contribution in [0.3, 0.4) is 0 Å². The van der Waals surface area contributed by atoms with E-state index >= 15 is 0 Å². The highest BCUT2D eigenvalue weighted by Crippen LogP contribution is 2.32. The summed E-state index contributed by atoms with van der Waals surface area (Å²) in [4.78, 5) is 16.2. The zero-order valence-electron chi connectivity index (χ0n) is 17.0. The first kappa shape index (κ1) is 22.8. The van der Waals surface area contributed by atoms with Gasteiger partial charge in [0.2, 0.25) is 0 Å². The molecule has 0 radical (unpaired) electrons. The summed E-state index contributed by atoms with van der Waals surface area (Å²) in [6.45, 7) is 1.77. The van der Waals surface area contributed by atoms with Gasteiger partial charge in [-0.05, 0) is 31.4 Å². The van der Waals surface area contributed by atoms with E-state index in [0.29, 0.717) is 11.7 Å². The smallest absolute Gasteiger partial charge is 0.277 e. The average molecular weight is 451 g/mol. The van der Waals surface area contributed by atoms with Crippen LogP contribution in [0.25, 0.3) is 10.6 Å². The van der Waals surface area contributed by atoms with E-state index < -0.39 is 17.5 Å². The van der Waals surface area contributed by atoms with Gasteiger partial charge >= 0.3 is 0 Å². The Morgan fingerprint density at radius 2 is 2.13 bits per heavy atom. The molecule has 1 unspecified atom stereocenters. The van der Waals surface area contributed by atoms with Crippen LogP contribution in [0.1, 0.15) is 29.8 Å². The maximum atomic E-state index is 13.8. The number of nitrogens with zero attached hydrogens (tertiary/aromatic N) is 3. The Balaban J connectivity index is 0.000000287. The van der Waals surface area contributed by atoms with Crippen LogP contribution in [0.15, 0.2) is 30.6 Å². The molecule has 4 rings (SSSR count). The minimum absolute atomic E-state index is 0.0397. The van der Waals surface area contributed by atoms with Gasteiger partial charge in [0, 0.05) is 38.1 Å². The molecule has 2 aromatic heterocycles. The molecular weight excluding hydrogens is 426 g/mol. The van der Waals surface area contributed by atoms with Crippen molar-refractivity contribution in [3.05, 3.63) is 47.9 Å². The van der Waals surface area contributed by atoms with E-state index in [2.05, 4.69) is 15.4 Å². The molecule has 0 saturated carbocycles.